The first kappa shape index (κ1) is 7.02. The number of hydrogen-bond donors (Lipinski definition) is 2. The number of aromatic amines is 2. The topological polar surface area (TPSA) is 74.4 Å². The third kappa shape index (κ3) is 0.903. The highest BCUT2D eigenvalue weighted by molar-refractivity contribution is 5.71. The minimum Gasteiger partial charge on any atom is -0.309 e. The van der Waals surface area contributed by atoms with E-state index in [0.29, 0.717) is 16.9 Å². The molecule has 0 fully saturated rings. The van der Waals surface area contributed by atoms with Gasteiger partial charge in [-0.05, 0) is 0 Å². The number of aryl methyl sites for hydroxylation is 1. The van der Waals surface area contributed by atoms with Crippen molar-refractivity contribution in [3.05, 3.63) is 22.4 Å². The van der Waals surface area contributed by atoms with Crippen molar-refractivity contribution in [3.8, 4) is 0 Å². The Morgan fingerprint density at radius 2 is 2.42 bits per heavy atom. The molecule has 2 aromatic heterocycles. The van der Waals surface area contributed by atoms with Crippen LogP contribution in [0, 0.1) is 0 Å². The minimum atomic E-state index is -0.182. The Bertz CT molecular complexity index is 456. The molecule has 0 amide bonds. The summed E-state index contributed by atoms with van der Waals surface area (Å²) >= 11 is 0. The summed E-state index contributed by atoms with van der Waals surface area (Å²) in [6, 6.07) is 0. The standard InChI is InChI=1S/C7H8N4O/c1-2-5-9-4-3-8-11-6(4)7(12)10-5/h3H,2H2,1H3,(H,8,11)(H,9,10,12). The van der Waals surface area contributed by atoms with Crippen molar-refractivity contribution in [1.29, 1.82) is 0 Å². The van der Waals surface area contributed by atoms with Crippen LogP contribution in [-0.4, -0.2) is 20.2 Å². The second-order valence-corrected chi connectivity index (χ2v) is 2.49. The quantitative estimate of drug-likeness (QED) is 0.632. The zero-order valence-corrected chi connectivity index (χ0v) is 6.59. The van der Waals surface area contributed by atoms with E-state index in [1.807, 2.05) is 6.92 Å². The molecule has 0 atom stereocenters. The molecule has 5 heteroatoms. The second-order valence-electron chi connectivity index (χ2n) is 2.49. The molecule has 2 N–H and O–H groups in total. The lowest BCUT2D eigenvalue weighted by Crippen LogP contribution is -2.10. The maximum absolute atomic E-state index is 11.2. The summed E-state index contributed by atoms with van der Waals surface area (Å²) in [6.45, 7) is 1.93. The molecule has 12 heavy (non-hydrogen) atoms. The first-order valence-electron chi connectivity index (χ1n) is 3.74. The van der Waals surface area contributed by atoms with E-state index in [9.17, 15) is 4.79 Å². The number of hydrogen-bond acceptors (Lipinski definition) is 3. The number of aromatic nitrogens is 4. The molecule has 0 aliphatic rings. The van der Waals surface area contributed by atoms with Crippen LogP contribution in [0.15, 0.2) is 11.0 Å². The lowest BCUT2D eigenvalue weighted by molar-refractivity contribution is 0.942. The van der Waals surface area contributed by atoms with Crippen LogP contribution in [0.25, 0.3) is 11.0 Å². The van der Waals surface area contributed by atoms with Gasteiger partial charge in [-0.2, -0.15) is 5.10 Å². The fourth-order valence-corrected chi connectivity index (χ4v) is 1.07. The molecule has 0 saturated heterocycles. The predicted molar refractivity (Wildman–Crippen MR) is 43.9 cm³/mol. The maximum atomic E-state index is 11.2. The number of H-pyrrole nitrogens is 2. The second kappa shape index (κ2) is 2.44. The van der Waals surface area contributed by atoms with Crippen LogP contribution in [-0.2, 0) is 6.42 Å². The Labute approximate surface area is 67.8 Å². The third-order valence-corrected chi connectivity index (χ3v) is 1.68. The van der Waals surface area contributed by atoms with Crippen LogP contribution in [0.1, 0.15) is 12.7 Å². The molecule has 0 bridgehead atoms. The molecule has 0 spiro atoms. The SMILES string of the molecule is CCc1nc2c[nH]nc2c(=O)[nH]1. The zero-order chi connectivity index (χ0) is 8.55. The van der Waals surface area contributed by atoms with E-state index in [1.54, 1.807) is 6.20 Å². The van der Waals surface area contributed by atoms with Crippen LogP contribution < -0.4 is 5.56 Å². The molecule has 0 saturated carbocycles. The molecule has 0 aliphatic heterocycles. The van der Waals surface area contributed by atoms with Gasteiger partial charge in [-0.1, -0.05) is 6.92 Å². The van der Waals surface area contributed by atoms with E-state index in [1.165, 1.54) is 0 Å². The van der Waals surface area contributed by atoms with Crippen molar-refractivity contribution < 1.29 is 0 Å². The number of fused-ring (bicyclic) bond motifs is 1. The van der Waals surface area contributed by atoms with Crippen molar-refractivity contribution in [2.24, 2.45) is 0 Å². The molecule has 0 aromatic carbocycles. The van der Waals surface area contributed by atoms with Gasteiger partial charge in [0.1, 0.15) is 11.3 Å². The van der Waals surface area contributed by atoms with Crippen molar-refractivity contribution in [1.82, 2.24) is 20.2 Å². The first-order chi connectivity index (χ1) is 5.81. The smallest absolute Gasteiger partial charge is 0.279 e. The van der Waals surface area contributed by atoms with E-state index in [0.717, 1.165) is 6.42 Å². The Hall–Kier alpha value is -1.65. The maximum Gasteiger partial charge on any atom is 0.279 e. The van der Waals surface area contributed by atoms with Crippen molar-refractivity contribution >= 4 is 11.0 Å². The molecule has 62 valence electrons. The molecule has 0 aliphatic carbocycles. The zero-order valence-electron chi connectivity index (χ0n) is 6.59. The van der Waals surface area contributed by atoms with Crippen LogP contribution >= 0.6 is 0 Å². The highest BCUT2D eigenvalue weighted by atomic mass is 16.1. The van der Waals surface area contributed by atoms with Crippen molar-refractivity contribution in [2.75, 3.05) is 0 Å². The van der Waals surface area contributed by atoms with Gasteiger partial charge in [-0.3, -0.25) is 9.89 Å². The lowest BCUT2D eigenvalue weighted by Gasteiger charge is -1.93. The summed E-state index contributed by atoms with van der Waals surface area (Å²) in [4.78, 5) is 18.0. The van der Waals surface area contributed by atoms with Gasteiger partial charge in [0.25, 0.3) is 5.56 Å². The fraction of sp³-hybridized carbons (Fsp3) is 0.286. The fourth-order valence-electron chi connectivity index (χ4n) is 1.07. The van der Waals surface area contributed by atoms with Gasteiger partial charge >= 0.3 is 0 Å². The van der Waals surface area contributed by atoms with Crippen LogP contribution in [0.4, 0.5) is 0 Å². The largest absolute Gasteiger partial charge is 0.309 e. The molecule has 0 unspecified atom stereocenters. The van der Waals surface area contributed by atoms with Gasteiger partial charge in [0.15, 0.2) is 5.52 Å². The van der Waals surface area contributed by atoms with Crippen LogP contribution in [0.5, 0.6) is 0 Å². The lowest BCUT2D eigenvalue weighted by atomic mass is 10.4. The van der Waals surface area contributed by atoms with Gasteiger partial charge < -0.3 is 4.98 Å². The van der Waals surface area contributed by atoms with Crippen LogP contribution in [0.2, 0.25) is 0 Å². The molecule has 2 rings (SSSR count). The van der Waals surface area contributed by atoms with Crippen molar-refractivity contribution in [3.63, 3.8) is 0 Å². The normalized spacial score (nSPS) is 10.8. The summed E-state index contributed by atoms with van der Waals surface area (Å²) in [5.74, 6) is 0.689. The van der Waals surface area contributed by atoms with E-state index in [-0.39, 0.29) is 5.56 Å². The van der Waals surface area contributed by atoms with Crippen LogP contribution in [0.3, 0.4) is 0 Å². The minimum absolute atomic E-state index is 0.182. The van der Waals surface area contributed by atoms with E-state index in [2.05, 4.69) is 20.2 Å². The monoisotopic (exact) mass is 164 g/mol. The summed E-state index contributed by atoms with van der Waals surface area (Å²) in [5, 5.41) is 6.36. The molecular weight excluding hydrogens is 156 g/mol. The molecule has 5 nitrogen and oxygen atoms in total. The van der Waals surface area contributed by atoms with Crippen molar-refractivity contribution in [2.45, 2.75) is 13.3 Å². The van der Waals surface area contributed by atoms with Gasteiger partial charge in [-0.15, -0.1) is 0 Å². The number of rotatable bonds is 1. The number of nitrogens with one attached hydrogen (secondary N) is 2. The summed E-state index contributed by atoms with van der Waals surface area (Å²) in [7, 11) is 0. The average molecular weight is 164 g/mol. The number of nitrogens with zero attached hydrogens (tertiary/aromatic N) is 2. The van der Waals surface area contributed by atoms with Gasteiger partial charge in [-0.25, -0.2) is 4.98 Å². The Balaban J connectivity index is 2.84. The molecule has 2 heterocycles. The molecule has 2 aromatic rings. The first-order valence-corrected chi connectivity index (χ1v) is 3.74. The van der Waals surface area contributed by atoms with Gasteiger partial charge in [0.2, 0.25) is 0 Å². The molecular formula is C7H8N4O. The van der Waals surface area contributed by atoms with Gasteiger partial charge in [0, 0.05) is 12.6 Å². The van der Waals surface area contributed by atoms with Gasteiger partial charge in [0.05, 0.1) is 0 Å². The molecule has 0 radical (unpaired) electrons. The van der Waals surface area contributed by atoms with E-state index >= 15 is 0 Å². The predicted octanol–water partition coefficient (Wildman–Crippen LogP) is 0.209. The van der Waals surface area contributed by atoms with E-state index in [4.69, 9.17) is 0 Å². The summed E-state index contributed by atoms with van der Waals surface area (Å²) in [5.41, 5.74) is 0.806. The Morgan fingerprint density at radius 1 is 1.58 bits per heavy atom. The Morgan fingerprint density at radius 3 is 3.17 bits per heavy atom. The Kier molecular flexibility index (Phi) is 1.43. The highest BCUT2D eigenvalue weighted by Crippen LogP contribution is 2.00. The highest BCUT2D eigenvalue weighted by Gasteiger charge is 2.03. The van der Waals surface area contributed by atoms with E-state index < -0.39 is 0 Å². The third-order valence-electron chi connectivity index (χ3n) is 1.68. The summed E-state index contributed by atoms with van der Waals surface area (Å²) in [6.07, 6.45) is 2.33. The summed E-state index contributed by atoms with van der Waals surface area (Å²) < 4.78 is 0. The average Bonchev–Trinajstić information content (AvgIpc) is 2.52.